The number of hydrogen-bond acceptors (Lipinski definition) is 3. The van der Waals surface area contributed by atoms with Gasteiger partial charge in [-0.1, -0.05) is 18.2 Å². The van der Waals surface area contributed by atoms with Crippen LogP contribution in [0.4, 0.5) is 4.39 Å². The van der Waals surface area contributed by atoms with Crippen molar-refractivity contribution in [1.29, 1.82) is 0 Å². The molecule has 4 heteroatoms. The first kappa shape index (κ1) is 13.1. The number of nitrogens with one attached hydrogen (secondary N) is 1. The maximum atomic E-state index is 13.4. The van der Waals surface area contributed by atoms with Crippen LogP contribution >= 0.6 is 0 Å². The molecule has 0 amide bonds. The molecule has 0 bridgehead atoms. The molecule has 1 aliphatic rings. The van der Waals surface area contributed by atoms with Gasteiger partial charge in [0.25, 0.3) is 0 Å². The Morgan fingerprint density at radius 2 is 2.15 bits per heavy atom. The molecule has 1 saturated carbocycles. The Morgan fingerprint density at radius 3 is 2.90 bits per heavy atom. The van der Waals surface area contributed by atoms with Gasteiger partial charge >= 0.3 is 0 Å². The van der Waals surface area contributed by atoms with Crippen LogP contribution in [0.5, 0.6) is 11.6 Å². The molecular weight excluding hydrogens is 255 g/mol. The van der Waals surface area contributed by atoms with Crippen molar-refractivity contribution in [3.05, 3.63) is 53.5 Å². The molecule has 0 saturated heterocycles. The van der Waals surface area contributed by atoms with Gasteiger partial charge in [-0.3, -0.25) is 0 Å². The number of hydrogen-bond donors (Lipinski definition) is 1. The lowest BCUT2D eigenvalue weighted by Crippen LogP contribution is -2.16. The van der Waals surface area contributed by atoms with E-state index in [4.69, 9.17) is 4.74 Å². The molecule has 1 N–H and O–H groups in total. The summed E-state index contributed by atoms with van der Waals surface area (Å²) in [6.07, 6.45) is 3.57. The topological polar surface area (TPSA) is 34.1 Å². The van der Waals surface area contributed by atoms with Gasteiger partial charge < -0.3 is 10.1 Å². The van der Waals surface area contributed by atoms with E-state index in [1.54, 1.807) is 0 Å². The van der Waals surface area contributed by atoms with Gasteiger partial charge in [0, 0.05) is 18.2 Å². The molecule has 0 radical (unpaired) electrons. The third kappa shape index (κ3) is 3.14. The number of aryl methyl sites for hydroxylation is 1. The normalized spacial score (nSPS) is 14.3. The van der Waals surface area contributed by atoms with E-state index in [1.165, 1.54) is 25.1 Å². The Balaban J connectivity index is 1.82. The highest BCUT2D eigenvalue weighted by Gasteiger charge is 2.21. The van der Waals surface area contributed by atoms with Crippen LogP contribution in [0.3, 0.4) is 0 Å². The minimum Gasteiger partial charge on any atom is -0.438 e. The highest BCUT2D eigenvalue weighted by atomic mass is 19.1. The molecule has 3 nitrogen and oxygen atoms in total. The van der Waals surface area contributed by atoms with E-state index in [-0.39, 0.29) is 5.82 Å². The zero-order chi connectivity index (χ0) is 13.9. The molecule has 0 unspecified atom stereocenters. The largest absolute Gasteiger partial charge is 0.438 e. The lowest BCUT2D eigenvalue weighted by Gasteiger charge is -2.12. The summed E-state index contributed by atoms with van der Waals surface area (Å²) in [7, 11) is 0. The van der Waals surface area contributed by atoms with Gasteiger partial charge in [-0.2, -0.15) is 0 Å². The Kier molecular flexibility index (Phi) is 3.65. The van der Waals surface area contributed by atoms with Gasteiger partial charge in [-0.25, -0.2) is 9.37 Å². The molecule has 1 aromatic carbocycles. The van der Waals surface area contributed by atoms with E-state index in [0.717, 1.165) is 16.9 Å². The molecule has 1 aromatic heterocycles. The summed E-state index contributed by atoms with van der Waals surface area (Å²) in [5.41, 5.74) is 1.78. The zero-order valence-corrected chi connectivity index (χ0v) is 11.4. The minimum absolute atomic E-state index is 0.338. The predicted molar refractivity (Wildman–Crippen MR) is 75.3 cm³/mol. The Labute approximate surface area is 117 Å². The second-order valence-electron chi connectivity index (χ2n) is 5.14. The fourth-order valence-electron chi connectivity index (χ4n) is 2.00. The number of rotatable bonds is 5. The highest BCUT2D eigenvalue weighted by Crippen LogP contribution is 2.27. The van der Waals surface area contributed by atoms with Crippen LogP contribution in [-0.4, -0.2) is 11.0 Å². The summed E-state index contributed by atoms with van der Waals surface area (Å²) in [5, 5.41) is 3.35. The molecule has 104 valence electrons. The first-order chi connectivity index (χ1) is 9.72. The molecule has 0 spiro atoms. The van der Waals surface area contributed by atoms with Crippen LogP contribution in [-0.2, 0) is 6.54 Å². The van der Waals surface area contributed by atoms with Crippen LogP contribution in [0.25, 0.3) is 0 Å². The molecule has 2 aromatic rings. The fraction of sp³-hybridized carbons (Fsp3) is 0.312. The molecule has 1 aliphatic carbocycles. The average molecular weight is 272 g/mol. The van der Waals surface area contributed by atoms with Crippen LogP contribution in [0, 0.1) is 12.7 Å². The number of pyridine rings is 1. The van der Waals surface area contributed by atoms with Crippen molar-refractivity contribution in [2.45, 2.75) is 32.4 Å². The SMILES string of the molecule is Cc1ccccc1Oc1ncc(F)cc1CNC1CC1. The number of nitrogens with zero attached hydrogens (tertiary/aromatic N) is 1. The zero-order valence-electron chi connectivity index (χ0n) is 11.4. The van der Waals surface area contributed by atoms with Crippen LogP contribution in [0.2, 0.25) is 0 Å². The van der Waals surface area contributed by atoms with Crippen molar-refractivity contribution < 1.29 is 9.13 Å². The summed E-state index contributed by atoms with van der Waals surface area (Å²) < 4.78 is 19.2. The van der Waals surface area contributed by atoms with Crippen LogP contribution in [0.1, 0.15) is 24.0 Å². The molecule has 3 rings (SSSR count). The van der Waals surface area contributed by atoms with Gasteiger partial charge in [0.1, 0.15) is 11.6 Å². The standard InChI is InChI=1S/C16H17FN2O/c1-11-4-2-3-5-15(11)20-16-12(8-13(17)10-19-16)9-18-14-6-7-14/h2-5,8,10,14,18H,6-7,9H2,1H3. The molecular formula is C16H17FN2O. The predicted octanol–water partition coefficient (Wildman–Crippen LogP) is 3.57. The number of ether oxygens (including phenoxy) is 1. The van der Waals surface area contributed by atoms with Gasteiger partial charge in [0.05, 0.1) is 6.20 Å². The molecule has 20 heavy (non-hydrogen) atoms. The van der Waals surface area contributed by atoms with Gasteiger partial charge in [0.15, 0.2) is 0 Å². The van der Waals surface area contributed by atoms with Crippen molar-refractivity contribution in [3.8, 4) is 11.6 Å². The quantitative estimate of drug-likeness (QED) is 0.903. The van der Waals surface area contributed by atoms with Crippen LogP contribution < -0.4 is 10.1 Å². The van der Waals surface area contributed by atoms with Crippen molar-refractivity contribution in [3.63, 3.8) is 0 Å². The monoisotopic (exact) mass is 272 g/mol. The minimum atomic E-state index is -0.338. The van der Waals surface area contributed by atoms with E-state index in [0.29, 0.717) is 18.5 Å². The molecule has 0 atom stereocenters. The van der Waals surface area contributed by atoms with Crippen molar-refractivity contribution in [1.82, 2.24) is 10.3 Å². The number of halogens is 1. The van der Waals surface area contributed by atoms with E-state index in [2.05, 4.69) is 10.3 Å². The van der Waals surface area contributed by atoms with Gasteiger partial charge in [0.2, 0.25) is 5.88 Å². The summed E-state index contributed by atoms with van der Waals surface area (Å²) in [4.78, 5) is 4.08. The van der Waals surface area contributed by atoms with Crippen molar-refractivity contribution >= 4 is 0 Å². The van der Waals surface area contributed by atoms with Crippen molar-refractivity contribution in [2.24, 2.45) is 0 Å². The van der Waals surface area contributed by atoms with Crippen molar-refractivity contribution in [2.75, 3.05) is 0 Å². The maximum Gasteiger partial charge on any atom is 0.223 e. The second kappa shape index (κ2) is 5.59. The van der Waals surface area contributed by atoms with Gasteiger partial charge in [-0.05, 0) is 37.5 Å². The van der Waals surface area contributed by atoms with E-state index in [1.807, 2.05) is 31.2 Å². The Hall–Kier alpha value is -1.94. The third-order valence-electron chi connectivity index (χ3n) is 3.35. The number of aromatic nitrogens is 1. The maximum absolute atomic E-state index is 13.4. The second-order valence-corrected chi connectivity index (χ2v) is 5.14. The van der Waals surface area contributed by atoms with E-state index < -0.39 is 0 Å². The number of benzene rings is 1. The Bertz CT molecular complexity index is 611. The summed E-state index contributed by atoms with van der Waals surface area (Å²) >= 11 is 0. The highest BCUT2D eigenvalue weighted by molar-refractivity contribution is 5.37. The molecule has 1 heterocycles. The smallest absolute Gasteiger partial charge is 0.223 e. The lowest BCUT2D eigenvalue weighted by atomic mass is 10.2. The number of para-hydroxylation sites is 1. The summed E-state index contributed by atoms with van der Waals surface area (Å²) in [6, 6.07) is 9.77. The first-order valence-corrected chi connectivity index (χ1v) is 6.83. The first-order valence-electron chi connectivity index (χ1n) is 6.83. The van der Waals surface area contributed by atoms with Crippen LogP contribution in [0.15, 0.2) is 36.5 Å². The molecule has 1 fully saturated rings. The average Bonchev–Trinajstić information content (AvgIpc) is 3.25. The Morgan fingerprint density at radius 1 is 1.35 bits per heavy atom. The summed E-state index contributed by atoms with van der Waals surface area (Å²) in [6.45, 7) is 2.55. The van der Waals surface area contributed by atoms with Gasteiger partial charge in [-0.15, -0.1) is 0 Å². The lowest BCUT2D eigenvalue weighted by molar-refractivity contribution is 0.445. The fourth-order valence-corrected chi connectivity index (χ4v) is 2.00. The van der Waals surface area contributed by atoms with E-state index >= 15 is 0 Å². The van der Waals surface area contributed by atoms with E-state index in [9.17, 15) is 4.39 Å². The molecule has 0 aliphatic heterocycles. The third-order valence-corrected chi connectivity index (χ3v) is 3.35. The summed E-state index contributed by atoms with van der Waals surface area (Å²) in [5.74, 6) is 0.878.